The summed E-state index contributed by atoms with van der Waals surface area (Å²) >= 11 is 0. The van der Waals surface area contributed by atoms with Crippen LogP contribution in [-0.2, 0) is 0 Å². The molecule has 0 N–H and O–H groups in total. The number of amides is 1. The fourth-order valence-electron chi connectivity index (χ4n) is 3.77. The molecule has 1 aliphatic heterocycles. The quantitative estimate of drug-likeness (QED) is 0.453. The molecule has 0 bridgehead atoms. The van der Waals surface area contributed by atoms with E-state index in [4.69, 9.17) is 4.74 Å². The van der Waals surface area contributed by atoms with Gasteiger partial charge in [-0.05, 0) is 43.0 Å². The molecule has 0 spiro atoms. The summed E-state index contributed by atoms with van der Waals surface area (Å²) in [4.78, 5) is 26.0. The number of ether oxygens (including phenoxy) is 1. The molecule has 160 valence electrons. The van der Waals surface area contributed by atoms with Gasteiger partial charge in [-0.3, -0.25) is 14.9 Å². The molecule has 8 heteroatoms. The molecule has 31 heavy (non-hydrogen) atoms. The number of carbonyl (C=O) groups excluding carboxylic acids is 1. The second-order valence-corrected chi connectivity index (χ2v) is 7.81. The van der Waals surface area contributed by atoms with Crippen molar-refractivity contribution in [2.24, 2.45) is 5.92 Å². The molecule has 2 aromatic carbocycles. The second kappa shape index (κ2) is 8.59. The van der Waals surface area contributed by atoms with E-state index in [1.807, 2.05) is 29.2 Å². The number of hydrogen-bond donors (Lipinski definition) is 0. The molecule has 1 amide bonds. The maximum Gasteiger partial charge on any atom is 0.272 e. The molecular formula is C23H24N4O4. The minimum Gasteiger partial charge on any atom is -0.497 e. The van der Waals surface area contributed by atoms with Gasteiger partial charge < -0.3 is 9.64 Å². The number of nitro benzene ring substituents is 1. The fraction of sp³-hybridized carbons (Fsp3) is 0.304. The Hall–Kier alpha value is -3.68. The van der Waals surface area contributed by atoms with Gasteiger partial charge in [0.15, 0.2) is 0 Å². The van der Waals surface area contributed by atoms with Crippen LogP contribution in [0.4, 0.5) is 5.69 Å². The van der Waals surface area contributed by atoms with Crippen molar-refractivity contribution < 1.29 is 14.5 Å². The Morgan fingerprint density at radius 2 is 1.87 bits per heavy atom. The van der Waals surface area contributed by atoms with Crippen LogP contribution in [0.15, 0.2) is 54.6 Å². The Labute approximate surface area is 180 Å². The normalized spacial score (nSPS) is 14.5. The SMILES string of the molecule is COc1cccc(-c2cc(C(=O)N3CCC(C)CC3)n(-c3cccc([N+](=O)[O-])c3)n2)c1. The van der Waals surface area contributed by atoms with E-state index in [2.05, 4.69) is 12.0 Å². The summed E-state index contributed by atoms with van der Waals surface area (Å²) in [7, 11) is 1.59. The van der Waals surface area contributed by atoms with E-state index in [-0.39, 0.29) is 11.6 Å². The second-order valence-electron chi connectivity index (χ2n) is 7.81. The minimum atomic E-state index is -0.455. The molecule has 0 unspecified atom stereocenters. The van der Waals surface area contributed by atoms with Gasteiger partial charge >= 0.3 is 0 Å². The van der Waals surface area contributed by atoms with Crippen molar-refractivity contribution in [1.29, 1.82) is 0 Å². The van der Waals surface area contributed by atoms with Crippen LogP contribution in [0.3, 0.4) is 0 Å². The number of methoxy groups -OCH3 is 1. The molecule has 8 nitrogen and oxygen atoms in total. The lowest BCUT2D eigenvalue weighted by Gasteiger charge is -2.30. The number of nitrogens with zero attached hydrogens (tertiary/aromatic N) is 4. The number of carbonyl (C=O) groups is 1. The number of benzene rings is 2. The standard InChI is InChI=1S/C23H24N4O4/c1-16-9-11-25(12-10-16)23(28)22-15-21(17-5-3-8-20(13-17)31-2)24-26(22)18-6-4-7-19(14-18)27(29)30/h3-8,13-16H,9-12H2,1-2H3. The van der Waals surface area contributed by atoms with Crippen molar-refractivity contribution in [3.63, 3.8) is 0 Å². The van der Waals surface area contributed by atoms with Gasteiger partial charge in [0.2, 0.25) is 0 Å². The van der Waals surface area contributed by atoms with E-state index < -0.39 is 4.92 Å². The van der Waals surface area contributed by atoms with E-state index >= 15 is 0 Å². The van der Waals surface area contributed by atoms with Crippen LogP contribution in [0.5, 0.6) is 5.75 Å². The van der Waals surface area contributed by atoms with Crippen molar-refractivity contribution in [2.75, 3.05) is 20.2 Å². The molecule has 0 saturated carbocycles. The average molecular weight is 420 g/mol. The monoisotopic (exact) mass is 420 g/mol. The lowest BCUT2D eigenvalue weighted by Crippen LogP contribution is -2.38. The van der Waals surface area contributed by atoms with Gasteiger partial charge in [0, 0.05) is 30.8 Å². The molecule has 0 radical (unpaired) electrons. The summed E-state index contributed by atoms with van der Waals surface area (Å²) in [6.45, 7) is 3.57. The summed E-state index contributed by atoms with van der Waals surface area (Å²) < 4.78 is 6.81. The number of piperidine rings is 1. The lowest BCUT2D eigenvalue weighted by molar-refractivity contribution is -0.384. The van der Waals surface area contributed by atoms with Crippen LogP contribution < -0.4 is 4.74 Å². The third-order valence-electron chi connectivity index (χ3n) is 5.65. The molecule has 1 aliphatic rings. The molecule has 3 aromatic rings. The first-order valence-corrected chi connectivity index (χ1v) is 10.2. The highest BCUT2D eigenvalue weighted by molar-refractivity contribution is 5.94. The van der Waals surface area contributed by atoms with Crippen molar-refractivity contribution in [3.8, 4) is 22.7 Å². The number of nitro groups is 1. The maximum atomic E-state index is 13.4. The van der Waals surface area contributed by atoms with E-state index in [1.165, 1.54) is 16.8 Å². The first-order chi connectivity index (χ1) is 15.0. The van der Waals surface area contributed by atoms with E-state index in [9.17, 15) is 14.9 Å². The predicted molar refractivity (Wildman–Crippen MR) is 117 cm³/mol. The molecule has 1 aromatic heterocycles. The van der Waals surface area contributed by atoms with Crippen molar-refractivity contribution in [3.05, 3.63) is 70.4 Å². The van der Waals surface area contributed by atoms with Crippen LogP contribution >= 0.6 is 0 Å². The Morgan fingerprint density at radius 3 is 2.58 bits per heavy atom. The molecule has 0 atom stereocenters. The topological polar surface area (TPSA) is 90.5 Å². The van der Waals surface area contributed by atoms with E-state index in [1.54, 1.807) is 25.3 Å². The number of likely N-dealkylation sites (tertiary alicyclic amines) is 1. The summed E-state index contributed by atoms with van der Waals surface area (Å²) in [6, 6.07) is 15.3. The van der Waals surface area contributed by atoms with Crippen LogP contribution in [0.2, 0.25) is 0 Å². The number of rotatable bonds is 5. The van der Waals surface area contributed by atoms with Gasteiger partial charge in [-0.25, -0.2) is 4.68 Å². The van der Waals surface area contributed by atoms with Gasteiger partial charge in [0.25, 0.3) is 11.6 Å². The predicted octanol–water partition coefficient (Wildman–Crippen LogP) is 4.33. The van der Waals surface area contributed by atoms with Crippen molar-refractivity contribution >= 4 is 11.6 Å². The lowest BCUT2D eigenvalue weighted by atomic mass is 9.99. The van der Waals surface area contributed by atoms with Gasteiger partial charge in [-0.1, -0.05) is 25.1 Å². The molecule has 2 heterocycles. The number of hydrogen-bond acceptors (Lipinski definition) is 5. The Bertz CT molecular complexity index is 1120. The molecule has 0 aliphatic carbocycles. The third kappa shape index (κ3) is 4.28. The summed E-state index contributed by atoms with van der Waals surface area (Å²) in [5, 5.41) is 15.9. The summed E-state index contributed by atoms with van der Waals surface area (Å²) in [5.41, 5.74) is 2.19. The highest BCUT2D eigenvalue weighted by Crippen LogP contribution is 2.28. The van der Waals surface area contributed by atoms with Crippen LogP contribution in [0.25, 0.3) is 16.9 Å². The van der Waals surface area contributed by atoms with Crippen molar-refractivity contribution in [2.45, 2.75) is 19.8 Å². The van der Waals surface area contributed by atoms with E-state index in [0.29, 0.717) is 41.8 Å². The van der Waals surface area contributed by atoms with E-state index in [0.717, 1.165) is 18.4 Å². The molecule has 1 saturated heterocycles. The highest BCUT2D eigenvalue weighted by atomic mass is 16.6. The smallest absolute Gasteiger partial charge is 0.272 e. The van der Waals surface area contributed by atoms with Crippen LogP contribution in [0, 0.1) is 16.0 Å². The highest BCUT2D eigenvalue weighted by Gasteiger charge is 2.26. The Kier molecular flexibility index (Phi) is 5.70. The Balaban J connectivity index is 1.79. The largest absolute Gasteiger partial charge is 0.497 e. The number of non-ortho nitro benzene ring substituents is 1. The van der Waals surface area contributed by atoms with Gasteiger partial charge in [-0.2, -0.15) is 5.10 Å². The zero-order valence-corrected chi connectivity index (χ0v) is 17.5. The van der Waals surface area contributed by atoms with Gasteiger partial charge in [0.05, 0.1) is 23.4 Å². The van der Waals surface area contributed by atoms with Crippen molar-refractivity contribution in [1.82, 2.24) is 14.7 Å². The first kappa shape index (κ1) is 20.6. The maximum absolute atomic E-state index is 13.4. The first-order valence-electron chi connectivity index (χ1n) is 10.2. The van der Waals surface area contributed by atoms with Gasteiger partial charge in [0.1, 0.15) is 11.4 Å². The fourth-order valence-corrected chi connectivity index (χ4v) is 3.77. The third-order valence-corrected chi connectivity index (χ3v) is 5.65. The van der Waals surface area contributed by atoms with Crippen LogP contribution in [-0.4, -0.2) is 45.7 Å². The number of aromatic nitrogens is 2. The zero-order valence-electron chi connectivity index (χ0n) is 17.5. The average Bonchev–Trinajstić information content (AvgIpc) is 3.25. The molecule has 1 fully saturated rings. The zero-order chi connectivity index (χ0) is 22.0. The van der Waals surface area contributed by atoms with Crippen LogP contribution in [0.1, 0.15) is 30.3 Å². The summed E-state index contributed by atoms with van der Waals surface area (Å²) in [6.07, 6.45) is 1.92. The summed E-state index contributed by atoms with van der Waals surface area (Å²) in [5.74, 6) is 1.15. The Morgan fingerprint density at radius 1 is 1.13 bits per heavy atom. The minimum absolute atomic E-state index is 0.0545. The molecule has 4 rings (SSSR count). The molecular weight excluding hydrogens is 396 g/mol. The van der Waals surface area contributed by atoms with Gasteiger partial charge in [-0.15, -0.1) is 0 Å².